The minimum atomic E-state index is -0.248. The molecule has 0 aliphatic carbocycles. The Morgan fingerprint density at radius 3 is 2.65 bits per heavy atom. The monoisotopic (exact) mass is 415 g/mol. The fourth-order valence-corrected chi connectivity index (χ4v) is 3.01. The maximum atomic E-state index is 12.3. The molecule has 1 N–H and O–H groups in total. The molecule has 0 aromatic heterocycles. The van der Waals surface area contributed by atoms with Gasteiger partial charge in [0.1, 0.15) is 5.75 Å². The van der Waals surface area contributed by atoms with E-state index in [0.717, 1.165) is 28.9 Å². The van der Waals surface area contributed by atoms with Gasteiger partial charge in [-0.25, -0.2) is 0 Å². The second kappa shape index (κ2) is 8.70. The highest BCUT2D eigenvalue weighted by atomic mass is 79.9. The smallest absolute Gasteiger partial charge is 0.262 e. The van der Waals surface area contributed by atoms with Crippen LogP contribution in [0.5, 0.6) is 5.75 Å². The number of hydrogen-bond donors (Lipinski definition) is 1. The number of carbonyl (C=O) groups is 1. The second-order valence-electron chi connectivity index (χ2n) is 5.73. The summed E-state index contributed by atoms with van der Waals surface area (Å²) < 4.78 is 11.8. The second-order valence-corrected chi connectivity index (χ2v) is 6.65. The fourth-order valence-electron chi connectivity index (χ4n) is 2.65. The lowest BCUT2D eigenvalue weighted by Gasteiger charge is -2.30. The SMILES string of the molecule is N#Cc1ccc(OCC(=O)Nc2cc(Br)ccc2N2CCOCC2)cc1. The zero-order chi connectivity index (χ0) is 18.4. The molecule has 0 radical (unpaired) electrons. The van der Waals surface area contributed by atoms with Crippen molar-refractivity contribution in [3.05, 3.63) is 52.5 Å². The summed E-state index contributed by atoms with van der Waals surface area (Å²) in [5, 5.41) is 11.7. The fraction of sp³-hybridized carbons (Fsp3) is 0.263. The van der Waals surface area contributed by atoms with Gasteiger partial charge in [-0.15, -0.1) is 0 Å². The molecule has 3 rings (SSSR count). The zero-order valence-corrected chi connectivity index (χ0v) is 15.7. The minimum Gasteiger partial charge on any atom is -0.484 e. The van der Waals surface area contributed by atoms with Crippen molar-refractivity contribution in [2.45, 2.75) is 0 Å². The maximum Gasteiger partial charge on any atom is 0.262 e. The first-order chi connectivity index (χ1) is 12.7. The Labute approximate surface area is 160 Å². The highest BCUT2D eigenvalue weighted by Crippen LogP contribution is 2.30. The number of amides is 1. The summed E-state index contributed by atoms with van der Waals surface area (Å²) in [6.07, 6.45) is 0. The Hall–Kier alpha value is -2.56. The molecule has 1 fully saturated rings. The largest absolute Gasteiger partial charge is 0.484 e. The number of rotatable bonds is 5. The van der Waals surface area contributed by atoms with Crippen molar-refractivity contribution in [1.29, 1.82) is 5.26 Å². The van der Waals surface area contributed by atoms with E-state index in [1.165, 1.54) is 0 Å². The maximum absolute atomic E-state index is 12.3. The van der Waals surface area contributed by atoms with Crippen LogP contribution >= 0.6 is 15.9 Å². The first kappa shape index (κ1) is 18.2. The number of ether oxygens (including phenoxy) is 2. The van der Waals surface area contributed by atoms with Gasteiger partial charge in [-0.3, -0.25) is 4.79 Å². The molecule has 1 amide bonds. The number of nitriles is 1. The predicted octanol–water partition coefficient (Wildman–Crippen LogP) is 3.17. The van der Waals surface area contributed by atoms with E-state index in [0.29, 0.717) is 24.5 Å². The first-order valence-electron chi connectivity index (χ1n) is 8.21. The minimum absolute atomic E-state index is 0.110. The molecule has 0 bridgehead atoms. The Morgan fingerprint density at radius 2 is 1.96 bits per heavy atom. The summed E-state index contributed by atoms with van der Waals surface area (Å²) in [7, 11) is 0. The van der Waals surface area contributed by atoms with Gasteiger partial charge < -0.3 is 19.7 Å². The molecule has 2 aromatic rings. The van der Waals surface area contributed by atoms with Crippen molar-refractivity contribution in [2.24, 2.45) is 0 Å². The molecule has 26 heavy (non-hydrogen) atoms. The van der Waals surface area contributed by atoms with Crippen LogP contribution in [0.1, 0.15) is 5.56 Å². The number of halogens is 1. The third kappa shape index (κ3) is 4.75. The summed E-state index contributed by atoms with van der Waals surface area (Å²) >= 11 is 3.45. The first-order valence-corrected chi connectivity index (χ1v) is 9.00. The number of nitrogens with one attached hydrogen (secondary N) is 1. The van der Waals surface area contributed by atoms with Gasteiger partial charge in [0.05, 0.1) is 36.2 Å². The van der Waals surface area contributed by atoms with Gasteiger partial charge in [0.2, 0.25) is 0 Å². The van der Waals surface area contributed by atoms with E-state index in [1.807, 2.05) is 24.3 Å². The third-order valence-electron chi connectivity index (χ3n) is 3.94. The van der Waals surface area contributed by atoms with Gasteiger partial charge in [-0.1, -0.05) is 15.9 Å². The molecular formula is C19H18BrN3O3. The molecule has 0 spiro atoms. The van der Waals surface area contributed by atoms with Gasteiger partial charge >= 0.3 is 0 Å². The van der Waals surface area contributed by atoms with Crippen LogP contribution < -0.4 is 15.0 Å². The summed E-state index contributed by atoms with van der Waals surface area (Å²) in [6, 6.07) is 14.5. The molecular weight excluding hydrogens is 398 g/mol. The van der Waals surface area contributed by atoms with E-state index < -0.39 is 0 Å². The zero-order valence-electron chi connectivity index (χ0n) is 14.1. The lowest BCUT2D eigenvalue weighted by Crippen LogP contribution is -2.37. The van der Waals surface area contributed by atoms with Gasteiger partial charge in [-0.2, -0.15) is 5.26 Å². The quantitative estimate of drug-likeness (QED) is 0.811. The molecule has 1 heterocycles. The Kier molecular flexibility index (Phi) is 6.10. The van der Waals surface area contributed by atoms with Crippen LogP contribution in [-0.4, -0.2) is 38.8 Å². The molecule has 134 valence electrons. The average Bonchev–Trinajstić information content (AvgIpc) is 2.67. The van der Waals surface area contributed by atoms with E-state index in [9.17, 15) is 4.79 Å². The van der Waals surface area contributed by atoms with Crippen LogP contribution in [0.3, 0.4) is 0 Å². The standard InChI is InChI=1S/C19H18BrN3O3/c20-15-3-6-18(23-7-9-25-10-8-23)17(11-15)22-19(24)13-26-16-4-1-14(12-21)2-5-16/h1-6,11H,7-10,13H2,(H,22,24). The molecule has 2 aromatic carbocycles. The highest BCUT2D eigenvalue weighted by Gasteiger charge is 2.16. The molecule has 1 saturated heterocycles. The van der Waals surface area contributed by atoms with Crippen molar-refractivity contribution < 1.29 is 14.3 Å². The van der Waals surface area contributed by atoms with Gasteiger partial charge in [0.15, 0.2) is 6.61 Å². The van der Waals surface area contributed by atoms with Crippen LogP contribution in [0.15, 0.2) is 46.9 Å². The number of hydrogen-bond acceptors (Lipinski definition) is 5. The van der Waals surface area contributed by atoms with Gasteiger partial charge in [0, 0.05) is 17.6 Å². The van der Waals surface area contributed by atoms with Crippen molar-refractivity contribution in [1.82, 2.24) is 0 Å². The van der Waals surface area contributed by atoms with Gasteiger partial charge in [-0.05, 0) is 42.5 Å². The Morgan fingerprint density at radius 1 is 1.23 bits per heavy atom. The summed E-state index contributed by atoms with van der Waals surface area (Å²) in [5.74, 6) is 0.295. The molecule has 0 saturated carbocycles. The van der Waals surface area contributed by atoms with E-state index >= 15 is 0 Å². The van der Waals surface area contributed by atoms with Crippen molar-refractivity contribution in [3.8, 4) is 11.8 Å². The number of morpholine rings is 1. The Bertz CT molecular complexity index is 812. The summed E-state index contributed by atoms with van der Waals surface area (Å²) in [5.41, 5.74) is 2.24. The van der Waals surface area contributed by atoms with E-state index in [4.69, 9.17) is 14.7 Å². The van der Waals surface area contributed by atoms with Crippen LogP contribution in [0.25, 0.3) is 0 Å². The average molecular weight is 416 g/mol. The topological polar surface area (TPSA) is 74.6 Å². The van der Waals surface area contributed by atoms with Crippen LogP contribution in [0.2, 0.25) is 0 Å². The molecule has 0 atom stereocenters. The molecule has 6 nitrogen and oxygen atoms in total. The number of carbonyl (C=O) groups excluding carboxylic acids is 1. The number of anilines is 2. The molecule has 1 aliphatic heterocycles. The van der Waals surface area contributed by atoms with Crippen molar-refractivity contribution in [3.63, 3.8) is 0 Å². The van der Waals surface area contributed by atoms with E-state index in [2.05, 4.69) is 26.1 Å². The lowest BCUT2D eigenvalue weighted by atomic mass is 10.2. The molecule has 0 unspecified atom stereocenters. The molecule has 1 aliphatic rings. The third-order valence-corrected chi connectivity index (χ3v) is 4.43. The molecule has 7 heteroatoms. The van der Waals surface area contributed by atoms with Crippen LogP contribution in [-0.2, 0) is 9.53 Å². The van der Waals surface area contributed by atoms with E-state index in [-0.39, 0.29) is 12.5 Å². The van der Waals surface area contributed by atoms with Crippen molar-refractivity contribution >= 4 is 33.2 Å². The summed E-state index contributed by atoms with van der Waals surface area (Å²) in [6.45, 7) is 2.80. The Balaban J connectivity index is 1.64. The van der Waals surface area contributed by atoms with Crippen LogP contribution in [0, 0.1) is 11.3 Å². The van der Waals surface area contributed by atoms with E-state index in [1.54, 1.807) is 24.3 Å². The number of benzene rings is 2. The van der Waals surface area contributed by atoms with Gasteiger partial charge in [0.25, 0.3) is 5.91 Å². The van der Waals surface area contributed by atoms with Crippen molar-refractivity contribution in [2.75, 3.05) is 43.1 Å². The highest BCUT2D eigenvalue weighted by molar-refractivity contribution is 9.10. The predicted molar refractivity (Wildman–Crippen MR) is 102 cm³/mol. The number of nitrogens with zero attached hydrogens (tertiary/aromatic N) is 2. The van der Waals surface area contributed by atoms with Crippen LogP contribution in [0.4, 0.5) is 11.4 Å². The normalized spacial score (nSPS) is 13.8. The summed E-state index contributed by atoms with van der Waals surface area (Å²) in [4.78, 5) is 14.5. The lowest BCUT2D eigenvalue weighted by molar-refractivity contribution is -0.118.